The third-order valence-corrected chi connectivity index (χ3v) is 2.26. The molecule has 2 aromatic heterocycles. The summed E-state index contributed by atoms with van der Waals surface area (Å²) in [4.78, 5) is 21.3. The molecular formula is C7H2Cl2N4O2. The summed E-state index contributed by atoms with van der Waals surface area (Å²) >= 11 is 11.2. The van der Waals surface area contributed by atoms with Crippen molar-refractivity contribution in [3.8, 4) is 0 Å². The summed E-state index contributed by atoms with van der Waals surface area (Å²) in [5.41, 5.74) is 0.281. The van der Waals surface area contributed by atoms with Gasteiger partial charge in [-0.1, -0.05) is 23.2 Å². The molecule has 0 N–H and O–H groups in total. The van der Waals surface area contributed by atoms with Crippen molar-refractivity contribution in [2.75, 3.05) is 0 Å². The molecule has 0 radical (unpaired) electrons. The first-order valence-electron chi connectivity index (χ1n) is 3.71. The zero-order valence-corrected chi connectivity index (χ0v) is 8.53. The van der Waals surface area contributed by atoms with E-state index in [1.54, 1.807) is 0 Å². The number of nitrogens with zero attached hydrogens (tertiary/aromatic N) is 4. The summed E-state index contributed by atoms with van der Waals surface area (Å²) in [5.74, 6) is 0. The van der Waals surface area contributed by atoms with Crippen LogP contribution in [0.1, 0.15) is 0 Å². The lowest BCUT2D eigenvalue weighted by Gasteiger charge is -1.97. The maximum Gasteiger partial charge on any atom is 0.289 e. The molecule has 0 bridgehead atoms. The first-order chi connectivity index (χ1) is 7.08. The largest absolute Gasteiger partial charge is 0.289 e. The van der Waals surface area contributed by atoms with Crippen LogP contribution in [-0.4, -0.2) is 19.9 Å². The molecule has 76 valence electrons. The molecule has 2 rings (SSSR count). The molecule has 0 aromatic carbocycles. The van der Waals surface area contributed by atoms with E-state index in [1.807, 2.05) is 0 Å². The van der Waals surface area contributed by atoms with Crippen LogP contribution in [-0.2, 0) is 0 Å². The van der Waals surface area contributed by atoms with Gasteiger partial charge in [-0.05, 0) is 0 Å². The molecule has 0 amide bonds. The molecule has 0 atom stereocenters. The Morgan fingerprint density at radius 2 is 1.93 bits per heavy atom. The lowest BCUT2D eigenvalue weighted by Crippen LogP contribution is -1.93. The van der Waals surface area contributed by atoms with E-state index < -0.39 is 4.92 Å². The quantitative estimate of drug-likeness (QED) is 0.568. The molecule has 8 heteroatoms. The normalized spacial score (nSPS) is 10.5. The molecule has 0 unspecified atom stereocenters. The topological polar surface area (TPSA) is 81.8 Å². The SMILES string of the molecule is O=[N+]([O-])c1cnc2nc(Cl)c(Cl)nc2c1. The lowest BCUT2D eigenvalue weighted by molar-refractivity contribution is -0.385. The van der Waals surface area contributed by atoms with E-state index in [0.29, 0.717) is 0 Å². The summed E-state index contributed by atoms with van der Waals surface area (Å²) in [6.07, 6.45) is 1.08. The highest BCUT2D eigenvalue weighted by Gasteiger charge is 2.11. The van der Waals surface area contributed by atoms with Gasteiger partial charge < -0.3 is 0 Å². The van der Waals surface area contributed by atoms with Crippen LogP contribution in [0.4, 0.5) is 5.69 Å². The van der Waals surface area contributed by atoms with Crippen molar-refractivity contribution in [1.29, 1.82) is 0 Å². The van der Waals surface area contributed by atoms with Gasteiger partial charge in [-0.3, -0.25) is 10.1 Å². The number of pyridine rings is 1. The van der Waals surface area contributed by atoms with Gasteiger partial charge in [0.05, 0.1) is 4.92 Å². The third-order valence-electron chi connectivity index (χ3n) is 1.64. The zero-order chi connectivity index (χ0) is 11.0. The molecule has 2 heterocycles. The van der Waals surface area contributed by atoms with Crippen LogP contribution < -0.4 is 0 Å². The second kappa shape index (κ2) is 3.56. The van der Waals surface area contributed by atoms with Crippen molar-refractivity contribution in [3.05, 3.63) is 32.7 Å². The van der Waals surface area contributed by atoms with Crippen LogP contribution in [0.3, 0.4) is 0 Å². The number of nitro groups is 1. The van der Waals surface area contributed by atoms with Crippen molar-refractivity contribution < 1.29 is 4.92 Å². The fourth-order valence-corrected chi connectivity index (χ4v) is 1.25. The van der Waals surface area contributed by atoms with Crippen molar-refractivity contribution in [1.82, 2.24) is 15.0 Å². The number of fused-ring (bicyclic) bond motifs is 1. The number of hydrogen-bond donors (Lipinski definition) is 0. The minimum Gasteiger partial charge on any atom is -0.258 e. The van der Waals surface area contributed by atoms with Crippen LogP contribution in [0.15, 0.2) is 12.3 Å². The van der Waals surface area contributed by atoms with Crippen LogP contribution in [0.2, 0.25) is 10.3 Å². The van der Waals surface area contributed by atoms with Crippen molar-refractivity contribution in [3.63, 3.8) is 0 Å². The van der Waals surface area contributed by atoms with Crippen LogP contribution in [0.5, 0.6) is 0 Å². The summed E-state index contributed by atoms with van der Waals surface area (Å²) in [6.45, 7) is 0. The molecule has 0 saturated heterocycles. The van der Waals surface area contributed by atoms with E-state index in [9.17, 15) is 10.1 Å². The average molecular weight is 245 g/mol. The number of halogens is 2. The van der Waals surface area contributed by atoms with E-state index >= 15 is 0 Å². The predicted octanol–water partition coefficient (Wildman–Crippen LogP) is 2.24. The third kappa shape index (κ3) is 1.81. The summed E-state index contributed by atoms with van der Waals surface area (Å²) in [6, 6.07) is 1.23. The molecule has 0 saturated carbocycles. The molecule has 0 aliphatic rings. The van der Waals surface area contributed by atoms with E-state index in [0.717, 1.165) is 6.20 Å². The first-order valence-corrected chi connectivity index (χ1v) is 4.46. The van der Waals surface area contributed by atoms with E-state index in [-0.39, 0.29) is 27.2 Å². The van der Waals surface area contributed by atoms with Gasteiger partial charge in [0, 0.05) is 6.07 Å². The van der Waals surface area contributed by atoms with Gasteiger partial charge in [0.25, 0.3) is 5.69 Å². The Balaban J connectivity index is 2.72. The first kappa shape index (κ1) is 10.0. The van der Waals surface area contributed by atoms with Crippen LogP contribution >= 0.6 is 23.2 Å². The second-order valence-electron chi connectivity index (χ2n) is 2.60. The van der Waals surface area contributed by atoms with E-state index in [4.69, 9.17) is 23.2 Å². The molecule has 0 aliphatic carbocycles. The lowest BCUT2D eigenvalue weighted by atomic mass is 10.4. The minimum atomic E-state index is -0.573. The van der Waals surface area contributed by atoms with Crippen molar-refractivity contribution in [2.45, 2.75) is 0 Å². The van der Waals surface area contributed by atoms with Gasteiger partial charge in [-0.25, -0.2) is 15.0 Å². The maximum atomic E-state index is 10.5. The highest BCUT2D eigenvalue weighted by Crippen LogP contribution is 2.22. The average Bonchev–Trinajstić information content (AvgIpc) is 2.19. The van der Waals surface area contributed by atoms with Crippen molar-refractivity contribution in [2.24, 2.45) is 0 Å². The summed E-state index contributed by atoms with van der Waals surface area (Å²) in [7, 11) is 0. The van der Waals surface area contributed by atoms with Gasteiger partial charge >= 0.3 is 0 Å². The van der Waals surface area contributed by atoms with E-state index in [2.05, 4.69) is 15.0 Å². The maximum absolute atomic E-state index is 10.5. The molecule has 0 spiro atoms. The Bertz CT molecular complexity index is 560. The minimum absolute atomic E-state index is 0.00790. The molecule has 0 aliphatic heterocycles. The fraction of sp³-hybridized carbons (Fsp3) is 0. The van der Waals surface area contributed by atoms with Gasteiger partial charge in [0.2, 0.25) is 0 Å². The Morgan fingerprint density at radius 1 is 1.27 bits per heavy atom. The molecule has 6 nitrogen and oxygen atoms in total. The van der Waals surface area contributed by atoms with E-state index in [1.165, 1.54) is 6.07 Å². The Labute approximate surface area is 93.0 Å². The molecule has 2 aromatic rings. The summed E-state index contributed by atoms with van der Waals surface area (Å²) in [5, 5.41) is 10.5. The Hall–Kier alpha value is -1.53. The van der Waals surface area contributed by atoms with Gasteiger partial charge in [0.15, 0.2) is 16.0 Å². The fourth-order valence-electron chi connectivity index (χ4n) is 0.995. The van der Waals surface area contributed by atoms with Crippen LogP contribution in [0, 0.1) is 10.1 Å². The highest BCUT2D eigenvalue weighted by molar-refractivity contribution is 6.40. The van der Waals surface area contributed by atoms with Crippen LogP contribution in [0.25, 0.3) is 11.2 Å². The smallest absolute Gasteiger partial charge is 0.258 e. The zero-order valence-electron chi connectivity index (χ0n) is 7.02. The molecular weight excluding hydrogens is 243 g/mol. The standard InChI is InChI=1S/C7H2Cl2N4O2/c8-5-6(9)12-7-4(11-5)1-3(2-10-7)13(14)15/h1-2H. The highest BCUT2D eigenvalue weighted by atomic mass is 35.5. The van der Waals surface area contributed by atoms with Gasteiger partial charge in [-0.2, -0.15) is 0 Å². The Kier molecular flexibility index (Phi) is 2.37. The van der Waals surface area contributed by atoms with Gasteiger partial charge in [0.1, 0.15) is 11.7 Å². The molecule has 15 heavy (non-hydrogen) atoms. The number of hydrogen-bond acceptors (Lipinski definition) is 5. The molecule has 0 fully saturated rings. The number of aromatic nitrogens is 3. The Morgan fingerprint density at radius 3 is 2.60 bits per heavy atom. The summed E-state index contributed by atoms with van der Waals surface area (Å²) < 4.78 is 0. The van der Waals surface area contributed by atoms with Gasteiger partial charge in [-0.15, -0.1) is 0 Å². The predicted molar refractivity (Wildman–Crippen MR) is 54.0 cm³/mol. The monoisotopic (exact) mass is 244 g/mol. The van der Waals surface area contributed by atoms with Crippen molar-refractivity contribution >= 4 is 40.1 Å². The number of rotatable bonds is 1. The second-order valence-corrected chi connectivity index (χ2v) is 3.31.